The highest BCUT2D eigenvalue weighted by Gasteiger charge is 2.34. The number of carbonyl (C=O) groups excluding carboxylic acids is 1. The minimum atomic E-state index is -0.561. The van der Waals surface area contributed by atoms with Crippen LogP contribution in [0.5, 0.6) is 0 Å². The second kappa shape index (κ2) is 8.15. The molecule has 0 bridgehead atoms. The third kappa shape index (κ3) is 3.65. The molecule has 1 unspecified atom stereocenters. The Kier molecular flexibility index (Phi) is 5.15. The summed E-state index contributed by atoms with van der Waals surface area (Å²) in [6.45, 7) is 4.02. The molecule has 1 aromatic heterocycles. The maximum Gasteiger partial charge on any atom is 0.266 e. The van der Waals surface area contributed by atoms with Gasteiger partial charge in [0, 0.05) is 11.3 Å². The molecule has 2 heterocycles. The molecule has 1 aliphatic heterocycles. The van der Waals surface area contributed by atoms with Gasteiger partial charge in [0.05, 0.1) is 10.4 Å². The fraction of sp³-hybridized carbons (Fsp3) is 0.115. The zero-order valence-corrected chi connectivity index (χ0v) is 18.9. The number of nitrogens with zero attached hydrogens (tertiary/aromatic N) is 3. The molecular formula is C26H20N4O2S. The Hall–Kier alpha value is -4.02. The summed E-state index contributed by atoms with van der Waals surface area (Å²) in [6, 6.07) is 23.6. The second-order valence-corrected chi connectivity index (χ2v) is 8.47. The molecule has 0 spiro atoms. The van der Waals surface area contributed by atoms with Gasteiger partial charge in [-0.1, -0.05) is 53.2 Å². The number of carbonyl (C=O) groups is 1. The number of nitrogens with one attached hydrogen (secondary N) is 1. The van der Waals surface area contributed by atoms with Gasteiger partial charge < -0.3 is 14.7 Å². The molecule has 1 aliphatic rings. The third-order valence-electron chi connectivity index (χ3n) is 5.73. The van der Waals surface area contributed by atoms with Crippen molar-refractivity contribution in [2.24, 2.45) is 0 Å². The summed E-state index contributed by atoms with van der Waals surface area (Å²) < 4.78 is 5.67. The van der Waals surface area contributed by atoms with E-state index in [4.69, 9.17) is 4.52 Å². The van der Waals surface area contributed by atoms with Crippen molar-refractivity contribution in [2.75, 3.05) is 4.90 Å². The molecule has 4 aromatic rings. The Morgan fingerprint density at radius 1 is 1.06 bits per heavy atom. The van der Waals surface area contributed by atoms with Gasteiger partial charge in [0.15, 0.2) is 5.76 Å². The van der Waals surface area contributed by atoms with E-state index in [9.17, 15) is 10.1 Å². The Balaban J connectivity index is 1.66. The number of aryl methyl sites for hydroxylation is 2. The minimum Gasteiger partial charge on any atom is -0.355 e. The van der Waals surface area contributed by atoms with Crippen LogP contribution in [0, 0.1) is 25.2 Å². The summed E-state index contributed by atoms with van der Waals surface area (Å²) in [5.74, 6) is 0.205. The van der Waals surface area contributed by atoms with Crippen LogP contribution in [-0.4, -0.2) is 11.1 Å². The van der Waals surface area contributed by atoms with Gasteiger partial charge in [0.25, 0.3) is 5.91 Å². The number of hydrogen-bond donors (Lipinski definition) is 2. The van der Waals surface area contributed by atoms with Crippen LogP contribution < -0.4 is 10.2 Å². The molecule has 1 amide bonds. The maximum absolute atomic E-state index is 12.7. The summed E-state index contributed by atoms with van der Waals surface area (Å²) in [7, 11) is 0. The summed E-state index contributed by atoms with van der Waals surface area (Å²) in [6.07, 6.45) is -0.561. The Labute approximate surface area is 196 Å². The topological polar surface area (TPSA) is 82.2 Å². The molecule has 7 heteroatoms. The fourth-order valence-electron chi connectivity index (χ4n) is 4.03. The molecule has 1 atom stereocenters. The minimum absolute atomic E-state index is 0.0255. The van der Waals surface area contributed by atoms with E-state index in [0.29, 0.717) is 10.8 Å². The number of amides is 1. The lowest BCUT2D eigenvalue weighted by molar-refractivity contribution is -0.118. The number of thiol groups is 1. The Morgan fingerprint density at radius 2 is 1.85 bits per heavy atom. The van der Waals surface area contributed by atoms with Crippen molar-refractivity contribution in [1.29, 1.82) is 5.26 Å². The van der Waals surface area contributed by atoms with Crippen LogP contribution in [0.1, 0.15) is 22.9 Å². The number of aromatic nitrogens is 1. The first-order chi connectivity index (χ1) is 16.0. The predicted molar refractivity (Wildman–Crippen MR) is 130 cm³/mol. The first-order valence-corrected chi connectivity index (χ1v) is 10.9. The SMILES string of the molecule is Cc1ccc(-c2onc3ccc(C4NC(=O)C(C#N)=C(S)N4c4cccc(C)c4)cc23)cc1. The van der Waals surface area contributed by atoms with Gasteiger partial charge in [-0.2, -0.15) is 5.26 Å². The van der Waals surface area contributed by atoms with Crippen LogP contribution in [0.15, 0.2) is 81.9 Å². The lowest BCUT2D eigenvalue weighted by Crippen LogP contribution is -2.46. The Morgan fingerprint density at radius 3 is 2.58 bits per heavy atom. The van der Waals surface area contributed by atoms with E-state index in [1.807, 2.05) is 91.5 Å². The number of benzene rings is 3. The van der Waals surface area contributed by atoms with Gasteiger partial charge in [0.2, 0.25) is 0 Å². The van der Waals surface area contributed by atoms with Crippen molar-refractivity contribution < 1.29 is 9.32 Å². The molecule has 33 heavy (non-hydrogen) atoms. The maximum atomic E-state index is 12.7. The monoisotopic (exact) mass is 452 g/mol. The number of anilines is 1. The van der Waals surface area contributed by atoms with Crippen molar-refractivity contribution >= 4 is 35.1 Å². The summed E-state index contributed by atoms with van der Waals surface area (Å²) in [5, 5.41) is 17.9. The van der Waals surface area contributed by atoms with Gasteiger partial charge in [-0.3, -0.25) is 4.79 Å². The molecule has 0 saturated carbocycles. The molecule has 0 aliphatic carbocycles. The van der Waals surface area contributed by atoms with Crippen LogP contribution >= 0.6 is 12.6 Å². The standard InChI is InChI=1S/C26H20N4O2S/c1-15-6-8-17(9-7-15)23-20-13-18(10-11-22(20)29-32-23)24-28-25(31)21(14-27)26(33)30(24)19-5-3-4-16(2)12-19/h3-13,24,33H,1-2H3,(H,28,31). The molecule has 6 nitrogen and oxygen atoms in total. The lowest BCUT2D eigenvalue weighted by atomic mass is 10.0. The summed E-state index contributed by atoms with van der Waals surface area (Å²) in [4.78, 5) is 14.6. The normalized spacial score (nSPS) is 16.1. The van der Waals surface area contributed by atoms with Crippen molar-refractivity contribution in [3.63, 3.8) is 0 Å². The molecule has 0 saturated heterocycles. The second-order valence-electron chi connectivity index (χ2n) is 8.05. The summed E-state index contributed by atoms with van der Waals surface area (Å²) in [5.41, 5.74) is 5.46. The molecule has 0 radical (unpaired) electrons. The average molecular weight is 453 g/mol. The van der Waals surface area contributed by atoms with E-state index in [2.05, 4.69) is 23.1 Å². The van der Waals surface area contributed by atoms with E-state index in [0.717, 1.165) is 38.8 Å². The van der Waals surface area contributed by atoms with E-state index in [1.165, 1.54) is 0 Å². The van der Waals surface area contributed by atoms with Crippen molar-refractivity contribution in [3.05, 3.63) is 94.0 Å². The van der Waals surface area contributed by atoms with Crippen molar-refractivity contribution in [2.45, 2.75) is 20.0 Å². The van der Waals surface area contributed by atoms with Gasteiger partial charge in [-0.05, 0) is 49.2 Å². The van der Waals surface area contributed by atoms with E-state index >= 15 is 0 Å². The molecular weight excluding hydrogens is 432 g/mol. The summed E-state index contributed by atoms with van der Waals surface area (Å²) >= 11 is 4.59. The van der Waals surface area contributed by atoms with Gasteiger partial charge in [-0.15, -0.1) is 12.6 Å². The largest absolute Gasteiger partial charge is 0.355 e. The van der Waals surface area contributed by atoms with Crippen molar-refractivity contribution in [1.82, 2.24) is 10.5 Å². The number of fused-ring (bicyclic) bond motifs is 1. The highest BCUT2D eigenvalue weighted by atomic mass is 32.1. The molecule has 1 N–H and O–H groups in total. The highest BCUT2D eigenvalue weighted by Crippen LogP contribution is 2.38. The predicted octanol–water partition coefficient (Wildman–Crippen LogP) is 5.41. The first kappa shape index (κ1) is 20.9. The third-order valence-corrected chi connectivity index (χ3v) is 6.17. The Bertz CT molecular complexity index is 1460. The quantitative estimate of drug-likeness (QED) is 0.406. The number of nitriles is 1. The van der Waals surface area contributed by atoms with Gasteiger partial charge in [0.1, 0.15) is 23.3 Å². The van der Waals surface area contributed by atoms with Gasteiger partial charge >= 0.3 is 0 Å². The zero-order valence-electron chi connectivity index (χ0n) is 18.0. The van der Waals surface area contributed by atoms with E-state index in [1.54, 1.807) is 0 Å². The molecule has 0 fully saturated rings. The zero-order chi connectivity index (χ0) is 23.1. The molecule has 162 valence electrons. The van der Waals surface area contributed by atoms with Crippen LogP contribution in [0.25, 0.3) is 22.2 Å². The highest BCUT2D eigenvalue weighted by molar-refractivity contribution is 7.84. The van der Waals surface area contributed by atoms with Crippen LogP contribution in [-0.2, 0) is 4.79 Å². The first-order valence-electron chi connectivity index (χ1n) is 10.4. The molecule has 5 rings (SSSR count). The number of hydrogen-bond acceptors (Lipinski definition) is 6. The number of rotatable bonds is 3. The van der Waals surface area contributed by atoms with Gasteiger partial charge in [-0.25, -0.2) is 0 Å². The molecule has 3 aromatic carbocycles. The smallest absolute Gasteiger partial charge is 0.266 e. The lowest BCUT2D eigenvalue weighted by Gasteiger charge is -2.38. The van der Waals surface area contributed by atoms with Crippen LogP contribution in [0.2, 0.25) is 0 Å². The van der Waals surface area contributed by atoms with E-state index < -0.39 is 12.1 Å². The van der Waals surface area contributed by atoms with Crippen molar-refractivity contribution in [3.8, 4) is 17.4 Å². The van der Waals surface area contributed by atoms with Crippen LogP contribution in [0.4, 0.5) is 5.69 Å². The van der Waals surface area contributed by atoms with E-state index in [-0.39, 0.29) is 5.57 Å². The van der Waals surface area contributed by atoms with Crippen LogP contribution in [0.3, 0.4) is 0 Å². The average Bonchev–Trinajstić information content (AvgIpc) is 3.23. The fourth-order valence-corrected chi connectivity index (χ4v) is 4.41.